The minimum absolute atomic E-state index is 0.0406. The predicted molar refractivity (Wildman–Crippen MR) is 96.5 cm³/mol. The van der Waals surface area contributed by atoms with Crippen molar-refractivity contribution in [1.29, 1.82) is 0 Å². The summed E-state index contributed by atoms with van der Waals surface area (Å²) in [6, 6.07) is 6.97. The summed E-state index contributed by atoms with van der Waals surface area (Å²) in [5.41, 5.74) is 21.8. The molecule has 0 bridgehead atoms. The highest BCUT2D eigenvalue weighted by atomic mass is 32.2. The van der Waals surface area contributed by atoms with E-state index in [0.29, 0.717) is 0 Å². The number of nitrogens with two attached hydrogens (primary N) is 4. The molecule has 0 aromatic heterocycles. The number of rotatable bonds is 4. The van der Waals surface area contributed by atoms with Crippen LogP contribution in [0.3, 0.4) is 0 Å². The first-order chi connectivity index (χ1) is 11.8. The first-order valence-corrected chi connectivity index (χ1v) is 9.70. The lowest BCUT2D eigenvalue weighted by Crippen LogP contribution is -2.14. The summed E-state index contributed by atoms with van der Waals surface area (Å²) in [6.45, 7) is 0. The Bertz CT molecular complexity index is 1030. The van der Waals surface area contributed by atoms with Gasteiger partial charge in [-0.1, -0.05) is 0 Å². The zero-order chi connectivity index (χ0) is 19.9. The summed E-state index contributed by atoms with van der Waals surface area (Å²) in [5, 5.41) is 0. The monoisotopic (exact) mass is 400 g/mol. The van der Waals surface area contributed by atoms with Crippen molar-refractivity contribution in [3.8, 4) is 0 Å². The number of hydrogen-bond donors (Lipinski definition) is 6. The fourth-order valence-electron chi connectivity index (χ4n) is 2.24. The van der Waals surface area contributed by atoms with Crippen LogP contribution in [0.4, 0.5) is 11.4 Å². The molecule has 0 aliphatic heterocycles. The molecule has 0 aliphatic carbocycles. The van der Waals surface area contributed by atoms with Crippen molar-refractivity contribution in [1.82, 2.24) is 0 Å². The van der Waals surface area contributed by atoms with E-state index in [0.717, 1.165) is 12.1 Å². The molecule has 2 aromatic rings. The smallest absolute Gasteiger partial charge is 0.295 e. The lowest BCUT2D eigenvalue weighted by Gasteiger charge is -2.14. The van der Waals surface area contributed by atoms with Gasteiger partial charge < -0.3 is 22.9 Å². The standard InChI is InChI=1S/C14H16N4O6S2/c15-7-1-3-9(11(5-7)25(19,20)21)13(17)14(18)10-4-2-8(16)6-12(10)26(22,23)24/h1-6H,15-18H2,(H,19,20,21)(H,22,23,24). The Balaban J connectivity index is 2.82. The Morgan fingerprint density at radius 3 is 1.27 bits per heavy atom. The van der Waals surface area contributed by atoms with E-state index in [-0.39, 0.29) is 33.9 Å². The third kappa shape index (κ3) is 3.88. The second-order valence-corrected chi connectivity index (χ2v) is 8.07. The van der Waals surface area contributed by atoms with Gasteiger partial charge in [0.05, 0.1) is 11.4 Å². The summed E-state index contributed by atoms with van der Waals surface area (Å²) in [6.07, 6.45) is 0. The van der Waals surface area contributed by atoms with Crippen molar-refractivity contribution in [3.63, 3.8) is 0 Å². The third-order valence-electron chi connectivity index (χ3n) is 3.44. The molecular formula is C14H16N4O6S2. The molecule has 0 heterocycles. The average Bonchev–Trinajstić information content (AvgIpc) is 2.51. The van der Waals surface area contributed by atoms with Crippen LogP contribution in [0.25, 0.3) is 11.4 Å². The predicted octanol–water partition coefficient (Wildman–Crippen LogP) is 0.0876. The maximum Gasteiger partial charge on any atom is 0.295 e. The SMILES string of the molecule is NC(=C(N)c1ccc(N)cc1S(=O)(=O)O)c1ccc(N)cc1S(=O)(=O)O. The molecule has 0 spiro atoms. The molecule has 26 heavy (non-hydrogen) atoms. The molecule has 0 saturated carbocycles. The van der Waals surface area contributed by atoms with E-state index in [2.05, 4.69) is 0 Å². The van der Waals surface area contributed by atoms with E-state index in [1.807, 2.05) is 0 Å². The minimum Gasteiger partial charge on any atom is -0.399 e. The molecular weight excluding hydrogens is 384 g/mol. The zero-order valence-corrected chi connectivity index (χ0v) is 14.8. The van der Waals surface area contributed by atoms with Gasteiger partial charge in [-0.25, -0.2) is 0 Å². The Morgan fingerprint density at radius 1 is 0.692 bits per heavy atom. The zero-order valence-electron chi connectivity index (χ0n) is 13.1. The van der Waals surface area contributed by atoms with Crippen LogP contribution in [0, 0.1) is 0 Å². The van der Waals surface area contributed by atoms with Gasteiger partial charge in [0, 0.05) is 22.5 Å². The van der Waals surface area contributed by atoms with E-state index >= 15 is 0 Å². The van der Waals surface area contributed by atoms with Crippen molar-refractivity contribution in [3.05, 3.63) is 47.5 Å². The fraction of sp³-hybridized carbons (Fsp3) is 0. The molecule has 0 saturated heterocycles. The van der Waals surface area contributed by atoms with Crippen molar-refractivity contribution in [2.45, 2.75) is 9.79 Å². The van der Waals surface area contributed by atoms with Crippen LogP contribution in [0.15, 0.2) is 46.2 Å². The van der Waals surface area contributed by atoms with Crippen LogP contribution >= 0.6 is 0 Å². The highest BCUT2D eigenvalue weighted by Crippen LogP contribution is 2.30. The summed E-state index contributed by atoms with van der Waals surface area (Å²) in [4.78, 5) is -1.22. The topological polar surface area (TPSA) is 213 Å². The molecule has 140 valence electrons. The van der Waals surface area contributed by atoms with Gasteiger partial charge in [0.1, 0.15) is 9.79 Å². The van der Waals surface area contributed by atoms with E-state index < -0.39 is 30.0 Å². The van der Waals surface area contributed by atoms with Crippen molar-refractivity contribution in [2.75, 3.05) is 11.5 Å². The maximum absolute atomic E-state index is 11.6. The van der Waals surface area contributed by atoms with Gasteiger partial charge in [-0.05, 0) is 36.4 Å². The minimum atomic E-state index is -4.70. The van der Waals surface area contributed by atoms with Crippen molar-refractivity contribution < 1.29 is 25.9 Å². The largest absolute Gasteiger partial charge is 0.399 e. The molecule has 10 nitrogen and oxygen atoms in total. The van der Waals surface area contributed by atoms with E-state index in [4.69, 9.17) is 22.9 Å². The Morgan fingerprint density at radius 2 is 1.00 bits per heavy atom. The second-order valence-electron chi connectivity index (χ2n) is 5.29. The van der Waals surface area contributed by atoms with Crippen LogP contribution in [0.2, 0.25) is 0 Å². The molecule has 0 fully saturated rings. The Kier molecular flexibility index (Phi) is 4.88. The van der Waals surface area contributed by atoms with E-state index in [1.165, 1.54) is 24.3 Å². The fourth-order valence-corrected chi connectivity index (χ4v) is 3.72. The van der Waals surface area contributed by atoms with E-state index in [9.17, 15) is 25.9 Å². The van der Waals surface area contributed by atoms with Gasteiger partial charge in [0.2, 0.25) is 0 Å². The van der Waals surface area contributed by atoms with Crippen LogP contribution < -0.4 is 22.9 Å². The van der Waals surface area contributed by atoms with Gasteiger partial charge in [0.15, 0.2) is 0 Å². The van der Waals surface area contributed by atoms with E-state index in [1.54, 1.807) is 0 Å². The molecule has 0 radical (unpaired) electrons. The molecule has 0 atom stereocenters. The van der Waals surface area contributed by atoms with Gasteiger partial charge >= 0.3 is 0 Å². The number of nitrogen functional groups attached to an aromatic ring is 2. The summed E-state index contributed by atoms with van der Waals surface area (Å²) >= 11 is 0. The number of benzene rings is 2. The lowest BCUT2D eigenvalue weighted by molar-refractivity contribution is 0.480. The van der Waals surface area contributed by atoms with Crippen LogP contribution in [-0.4, -0.2) is 25.9 Å². The first-order valence-electron chi connectivity index (χ1n) is 6.82. The molecule has 0 aliphatic rings. The molecule has 10 N–H and O–H groups in total. The average molecular weight is 400 g/mol. The molecule has 2 aromatic carbocycles. The normalized spacial score (nSPS) is 13.3. The molecule has 0 amide bonds. The van der Waals surface area contributed by atoms with Gasteiger partial charge in [-0.2, -0.15) is 16.8 Å². The van der Waals surface area contributed by atoms with Crippen molar-refractivity contribution in [2.24, 2.45) is 11.5 Å². The molecule has 12 heteroatoms. The molecule has 0 unspecified atom stereocenters. The van der Waals surface area contributed by atoms with Crippen LogP contribution in [-0.2, 0) is 20.2 Å². The van der Waals surface area contributed by atoms with Crippen LogP contribution in [0.1, 0.15) is 11.1 Å². The van der Waals surface area contributed by atoms with Gasteiger partial charge in [0.25, 0.3) is 20.2 Å². The summed E-state index contributed by atoms with van der Waals surface area (Å²) in [5.74, 6) is 0. The van der Waals surface area contributed by atoms with Crippen molar-refractivity contribution >= 4 is 43.0 Å². The summed E-state index contributed by atoms with van der Waals surface area (Å²) < 4.78 is 65.0. The Labute approximate surface area is 149 Å². The maximum atomic E-state index is 11.6. The number of anilines is 2. The Hall–Kier alpha value is -2.80. The second kappa shape index (κ2) is 6.49. The lowest BCUT2D eigenvalue weighted by atomic mass is 10.0. The van der Waals surface area contributed by atoms with Gasteiger partial charge in [-0.15, -0.1) is 0 Å². The summed E-state index contributed by atoms with van der Waals surface area (Å²) in [7, 11) is -9.40. The quantitative estimate of drug-likeness (QED) is 0.231. The number of hydrogen-bond acceptors (Lipinski definition) is 8. The highest BCUT2D eigenvalue weighted by molar-refractivity contribution is 7.86. The molecule has 2 rings (SSSR count). The van der Waals surface area contributed by atoms with Gasteiger partial charge in [-0.3, -0.25) is 9.11 Å². The third-order valence-corrected chi connectivity index (χ3v) is 5.22. The highest BCUT2D eigenvalue weighted by Gasteiger charge is 2.22. The first kappa shape index (κ1) is 19.5. The van der Waals surface area contributed by atoms with Crippen LogP contribution in [0.5, 0.6) is 0 Å².